The summed E-state index contributed by atoms with van der Waals surface area (Å²) in [6.07, 6.45) is 12.1. The zero-order valence-corrected chi connectivity index (χ0v) is 18.1. The summed E-state index contributed by atoms with van der Waals surface area (Å²) >= 11 is 0. The van der Waals surface area contributed by atoms with Gasteiger partial charge in [-0.15, -0.1) is 0 Å². The van der Waals surface area contributed by atoms with E-state index in [-0.39, 0.29) is 13.2 Å². The van der Waals surface area contributed by atoms with Gasteiger partial charge in [-0.1, -0.05) is 13.8 Å². The van der Waals surface area contributed by atoms with Crippen molar-refractivity contribution in [3.8, 4) is 0 Å². The van der Waals surface area contributed by atoms with Crippen molar-refractivity contribution in [2.24, 2.45) is 4.99 Å². The van der Waals surface area contributed by atoms with Gasteiger partial charge in [0, 0.05) is 49.1 Å². The molecular formula is C22H31N7O2. The highest BCUT2D eigenvalue weighted by atomic mass is 16.3. The van der Waals surface area contributed by atoms with Gasteiger partial charge in [-0.25, -0.2) is 4.99 Å². The average molecular weight is 426 g/mol. The monoisotopic (exact) mass is 425 g/mol. The van der Waals surface area contributed by atoms with E-state index in [2.05, 4.69) is 29.4 Å². The van der Waals surface area contributed by atoms with Crippen LogP contribution >= 0.6 is 0 Å². The zero-order chi connectivity index (χ0) is 22.2. The van der Waals surface area contributed by atoms with E-state index in [1.165, 1.54) is 6.21 Å². The molecule has 9 nitrogen and oxygen atoms in total. The molecule has 0 bridgehead atoms. The molecular weight excluding hydrogens is 394 g/mol. The molecule has 9 heteroatoms. The summed E-state index contributed by atoms with van der Waals surface area (Å²) in [4.78, 5) is 4.89. The lowest BCUT2D eigenvalue weighted by molar-refractivity contribution is 0.134. The molecule has 31 heavy (non-hydrogen) atoms. The Morgan fingerprint density at radius 2 is 2.13 bits per heavy atom. The van der Waals surface area contributed by atoms with Gasteiger partial charge in [0.05, 0.1) is 42.0 Å². The SMILES string of the molecule is CCC(CC)n1cc(C2=NC(/C(C=N)=C/NCC(O)CCO)=CCn3nccc32)cn1. The minimum absolute atomic E-state index is 0.0706. The van der Waals surface area contributed by atoms with Crippen LogP contribution in [0.3, 0.4) is 0 Å². The molecule has 0 aliphatic carbocycles. The highest BCUT2D eigenvalue weighted by molar-refractivity contribution is 6.12. The van der Waals surface area contributed by atoms with E-state index in [1.807, 2.05) is 33.9 Å². The number of fused-ring (bicyclic) bond motifs is 1. The molecule has 0 amide bonds. The predicted molar refractivity (Wildman–Crippen MR) is 120 cm³/mol. The Bertz CT molecular complexity index is 966. The molecule has 0 radical (unpaired) electrons. The van der Waals surface area contributed by atoms with Crippen molar-refractivity contribution < 1.29 is 10.2 Å². The van der Waals surface area contributed by atoms with E-state index < -0.39 is 6.10 Å². The lowest BCUT2D eigenvalue weighted by Gasteiger charge is -2.12. The summed E-state index contributed by atoms with van der Waals surface area (Å²) in [7, 11) is 0. The Balaban J connectivity index is 1.92. The van der Waals surface area contributed by atoms with Crippen molar-refractivity contribution in [3.63, 3.8) is 0 Å². The molecule has 0 saturated carbocycles. The third kappa shape index (κ3) is 5.36. The van der Waals surface area contributed by atoms with Crippen molar-refractivity contribution in [1.82, 2.24) is 24.9 Å². The maximum absolute atomic E-state index is 9.79. The number of allylic oxidation sites excluding steroid dienone is 2. The number of rotatable bonds is 11. The topological polar surface area (TPSA) is 124 Å². The van der Waals surface area contributed by atoms with Gasteiger partial charge in [-0.3, -0.25) is 9.36 Å². The van der Waals surface area contributed by atoms with Crippen molar-refractivity contribution in [2.75, 3.05) is 13.2 Å². The molecule has 3 rings (SSSR count). The third-order valence-electron chi connectivity index (χ3n) is 5.37. The fourth-order valence-corrected chi connectivity index (χ4v) is 3.54. The van der Waals surface area contributed by atoms with E-state index >= 15 is 0 Å². The van der Waals surface area contributed by atoms with Crippen LogP contribution in [0, 0.1) is 5.41 Å². The average Bonchev–Trinajstić information content (AvgIpc) is 3.40. The summed E-state index contributed by atoms with van der Waals surface area (Å²) < 4.78 is 3.87. The van der Waals surface area contributed by atoms with Gasteiger partial charge in [0.1, 0.15) is 0 Å². The smallest absolute Gasteiger partial charge is 0.0994 e. The number of aromatic nitrogens is 4. The van der Waals surface area contributed by atoms with Crippen LogP contribution in [0.4, 0.5) is 0 Å². The first-order chi connectivity index (χ1) is 15.1. The van der Waals surface area contributed by atoms with Gasteiger partial charge in [0.25, 0.3) is 0 Å². The lowest BCUT2D eigenvalue weighted by Crippen LogP contribution is -2.24. The van der Waals surface area contributed by atoms with Gasteiger partial charge < -0.3 is 20.9 Å². The molecule has 0 fully saturated rings. The molecule has 3 heterocycles. The number of aliphatic hydroxyl groups excluding tert-OH is 2. The maximum Gasteiger partial charge on any atom is 0.0994 e. The number of nitrogens with one attached hydrogen (secondary N) is 2. The Kier molecular flexibility index (Phi) is 7.91. The Labute approximate surface area is 182 Å². The molecule has 1 aliphatic rings. The molecule has 4 N–H and O–H groups in total. The molecule has 1 atom stereocenters. The molecule has 0 aromatic carbocycles. The molecule has 2 aromatic heterocycles. The first-order valence-electron chi connectivity index (χ1n) is 10.7. The zero-order valence-electron chi connectivity index (χ0n) is 18.1. The van der Waals surface area contributed by atoms with E-state index in [1.54, 1.807) is 12.4 Å². The molecule has 1 unspecified atom stereocenters. The van der Waals surface area contributed by atoms with E-state index in [0.717, 1.165) is 29.8 Å². The number of hydrogen-bond donors (Lipinski definition) is 4. The van der Waals surface area contributed by atoms with Crippen LogP contribution in [0.1, 0.15) is 50.4 Å². The van der Waals surface area contributed by atoms with Gasteiger partial charge in [0.15, 0.2) is 0 Å². The number of aliphatic imine (C=N–C) groups is 1. The first-order valence-corrected chi connectivity index (χ1v) is 10.7. The van der Waals surface area contributed by atoms with Crippen LogP contribution in [0.15, 0.2) is 53.2 Å². The maximum atomic E-state index is 9.79. The standard InChI is InChI=1S/C22H31N7O2/c1-3-18(4-2)29-15-17(13-26-29)22-21-5-8-25-28(21)9-6-20(27-22)16(11-23)12-24-14-19(31)7-10-30/h5-6,8,11-13,15,18-19,23-24,30-31H,3-4,7,9-10,14H2,1-2H3/b16-12+,23-11?. The quantitative estimate of drug-likeness (QED) is 0.410. The van der Waals surface area contributed by atoms with Crippen LogP contribution in [0.5, 0.6) is 0 Å². The fraction of sp³-hybridized carbons (Fsp3) is 0.455. The van der Waals surface area contributed by atoms with E-state index in [4.69, 9.17) is 15.5 Å². The second kappa shape index (κ2) is 10.8. The third-order valence-corrected chi connectivity index (χ3v) is 5.37. The van der Waals surface area contributed by atoms with Crippen LogP contribution in [0.2, 0.25) is 0 Å². The second-order valence-electron chi connectivity index (χ2n) is 7.45. The van der Waals surface area contributed by atoms with Crippen molar-refractivity contribution in [1.29, 1.82) is 5.41 Å². The van der Waals surface area contributed by atoms with Crippen LogP contribution < -0.4 is 5.32 Å². The summed E-state index contributed by atoms with van der Waals surface area (Å²) in [5, 5.41) is 38.5. The molecule has 2 aromatic rings. The Morgan fingerprint density at radius 3 is 2.84 bits per heavy atom. The van der Waals surface area contributed by atoms with Gasteiger partial charge in [0.2, 0.25) is 0 Å². The Hall–Kier alpha value is -3.04. The molecule has 166 valence electrons. The minimum atomic E-state index is -0.656. The minimum Gasteiger partial charge on any atom is -0.396 e. The number of hydrogen-bond acceptors (Lipinski definition) is 7. The van der Waals surface area contributed by atoms with Gasteiger partial charge >= 0.3 is 0 Å². The first kappa shape index (κ1) is 22.6. The lowest BCUT2D eigenvalue weighted by atomic mass is 10.1. The summed E-state index contributed by atoms with van der Waals surface area (Å²) in [5.41, 5.74) is 3.79. The van der Waals surface area contributed by atoms with Crippen LogP contribution in [0.25, 0.3) is 0 Å². The molecule has 0 spiro atoms. The van der Waals surface area contributed by atoms with Gasteiger partial charge in [-0.2, -0.15) is 10.2 Å². The Morgan fingerprint density at radius 1 is 1.32 bits per heavy atom. The van der Waals surface area contributed by atoms with E-state index in [9.17, 15) is 5.11 Å². The van der Waals surface area contributed by atoms with Crippen molar-refractivity contribution >= 4 is 11.9 Å². The van der Waals surface area contributed by atoms with Crippen molar-refractivity contribution in [2.45, 2.75) is 51.8 Å². The second-order valence-corrected chi connectivity index (χ2v) is 7.45. The highest BCUT2D eigenvalue weighted by Gasteiger charge is 2.20. The molecule has 0 saturated heterocycles. The van der Waals surface area contributed by atoms with Crippen LogP contribution in [-0.2, 0) is 6.54 Å². The largest absolute Gasteiger partial charge is 0.396 e. The normalized spacial score (nSPS) is 15.2. The highest BCUT2D eigenvalue weighted by Crippen LogP contribution is 2.22. The predicted octanol–water partition coefficient (Wildman–Crippen LogP) is 2.04. The number of aliphatic hydroxyl groups is 2. The number of nitrogens with zero attached hydrogens (tertiary/aromatic N) is 5. The molecule has 1 aliphatic heterocycles. The van der Waals surface area contributed by atoms with Crippen molar-refractivity contribution in [3.05, 3.63) is 59.5 Å². The van der Waals surface area contributed by atoms with E-state index in [0.29, 0.717) is 30.3 Å². The van der Waals surface area contributed by atoms with Gasteiger partial charge in [-0.05, 0) is 31.4 Å². The fourth-order valence-electron chi connectivity index (χ4n) is 3.54. The van der Waals surface area contributed by atoms with Crippen LogP contribution in [-0.4, -0.2) is 61.0 Å². The summed E-state index contributed by atoms with van der Waals surface area (Å²) in [6, 6.07) is 2.27. The summed E-state index contributed by atoms with van der Waals surface area (Å²) in [5.74, 6) is 0. The summed E-state index contributed by atoms with van der Waals surface area (Å²) in [6.45, 7) is 5.05.